The molecule has 2 aliphatic heterocycles. The van der Waals surface area contributed by atoms with Crippen LogP contribution in [0.2, 0.25) is 0 Å². The van der Waals surface area contributed by atoms with Gasteiger partial charge in [-0.15, -0.1) is 0 Å². The smallest absolute Gasteiger partial charge is 0.305 e. The molecule has 1 aromatic carbocycles. The molecule has 0 aromatic heterocycles. The second kappa shape index (κ2) is 9.06. The number of β-amino-alcohol motifs (C(OH)–C–C–N with tert-alkyl or cyclic N) is 1. The van der Waals surface area contributed by atoms with E-state index in [9.17, 15) is 14.7 Å². The first kappa shape index (κ1) is 20.8. The number of carboxylic acids is 1. The van der Waals surface area contributed by atoms with Gasteiger partial charge in [-0.3, -0.25) is 14.5 Å². The average Bonchev–Trinajstić information content (AvgIpc) is 3.16. The lowest BCUT2D eigenvalue weighted by atomic mass is 10.2. The maximum Gasteiger partial charge on any atom is 0.305 e. The SMILES string of the molecule is CCCN1C(=O)/C(=C\C=C2\Oc3ccccc3N2CCC(=O)O)N(CCO)C1=S. The number of benzene rings is 1. The lowest BCUT2D eigenvalue weighted by Crippen LogP contribution is -2.34. The van der Waals surface area contributed by atoms with Crippen molar-refractivity contribution in [2.24, 2.45) is 0 Å². The van der Waals surface area contributed by atoms with E-state index in [1.54, 1.807) is 28.0 Å². The predicted octanol–water partition coefficient (Wildman–Crippen LogP) is 1.92. The van der Waals surface area contributed by atoms with Crippen molar-refractivity contribution in [2.75, 3.05) is 31.1 Å². The van der Waals surface area contributed by atoms with Crippen molar-refractivity contribution in [1.29, 1.82) is 0 Å². The number of para-hydroxylation sites is 2. The molecule has 1 fully saturated rings. The number of thiocarbonyl (C=S) groups is 1. The number of anilines is 1. The number of allylic oxidation sites excluding steroid dienone is 2. The summed E-state index contributed by atoms with van der Waals surface area (Å²) in [5.74, 6) is -0.0883. The van der Waals surface area contributed by atoms with Gasteiger partial charge in [0, 0.05) is 25.7 Å². The predicted molar refractivity (Wildman–Crippen MR) is 111 cm³/mol. The molecule has 0 radical (unpaired) electrons. The molecule has 9 heteroatoms. The summed E-state index contributed by atoms with van der Waals surface area (Å²) in [6.45, 7) is 2.76. The van der Waals surface area contributed by atoms with Crippen molar-refractivity contribution in [2.45, 2.75) is 19.8 Å². The van der Waals surface area contributed by atoms with Gasteiger partial charge >= 0.3 is 5.97 Å². The molecule has 2 aliphatic rings. The second-order valence-electron chi connectivity index (χ2n) is 6.54. The third kappa shape index (κ3) is 4.25. The van der Waals surface area contributed by atoms with Crippen LogP contribution in [0.1, 0.15) is 19.8 Å². The first-order chi connectivity index (χ1) is 14.0. The number of fused-ring (bicyclic) bond motifs is 1. The van der Waals surface area contributed by atoms with Crippen molar-refractivity contribution >= 4 is 34.9 Å². The van der Waals surface area contributed by atoms with Crippen molar-refractivity contribution in [1.82, 2.24) is 9.80 Å². The van der Waals surface area contributed by atoms with Gasteiger partial charge < -0.3 is 24.7 Å². The summed E-state index contributed by atoms with van der Waals surface area (Å²) in [6.07, 6.45) is 3.94. The molecule has 1 saturated heterocycles. The van der Waals surface area contributed by atoms with E-state index in [4.69, 9.17) is 22.1 Å². The Kier molecular flexibility index (Phi) is 6.50. The Morgan fingerprint density at radius 2 is 1.90 bits per heavy atom. The Labute approximate surface area is 174 Å². The molecule has 0 atom stereocenters. The molecule has 8 nitrogen and oxygen atoms in total. The van der Waals surface area contributed by atoms with Gasteiger partial charge in [-0.1, -0.05) is 19.1 Å². The summed E-state index contributed by atoms with van der Waals surface area (Å²) in [5.41, 5.74) is 1.12. The third-order valence-electron chi connectivity index (χ3n) is 4.56. The number of nitrogens with zero attached hydrogens (tertiary/aromatic N) is 3. The Bertz CT molecular complexity index is 883. The van der Waals surface area contributed by atoms with Gasteiger partial charge in [0.05, 0.1) is 18.7 Å². The first-order valence-electron chi connectivity index (χ1n) is 9.40. The lowest BCUT2D eigenvalue weighted by Gasteiger charge is -2.19. The highest BCUT2D eigenvalue weighted by Crippen LogP contribution is 2.38. The number of aliphatic hydroxyl groups is 1. The van der Waals surface area contributed by atoms with E-state index in [1.165, 1.54) is 4.90 Å². The van der Waals surface area contributed by atoms with Crippen LogP contribution in [0.25, 0.3) is 0 Å². The fourth-order valence-corrected chi connectivity index (χ4v) is 3.62. The van der Waals surface area contributed by atoms with Gasteiger partial charge in [-0.25, -0.2) is 0 Å². The second-order valence-corrected chi connectivity index (χ2v) is 6.90. The Balaban J connectivity index is 1.92. The zero-order valence-corrected chi connectivity index (χ0v) is 16.9. The van der Waals surface area contributed by atoms with Crippen molar-refractivity contribution in [3.8, 4) is 5.75 Å². The summed E-state index contributed by atoms with van der Waals surface area (Å²) in [4.78, 5) is 28.7. The number of carboxylic acid groups (broad SMARTS) is 1. The average molecular weight is 417 g/mol. The van der Waals surface area contributed by atoms with Crippen LogP contribution in [-0.4, -0.2) is 63.2 Å². The summed E-state index contributed by atoms with van der Waals surface area (Å²) in [5, 5.41) is 18.8. The molecule has 1 aromatic rings. The topological polar surface area (TPSA) is 93.5 Å². The molecule has 2 N–H and O–H groups in total. The van der Waals surface area contributed by atoms with Gasteiger partial charge in [-0.2, -0.15) is 0 Å². The summed E-state index contributed by atoms with van der Waals surface area (Å²) in [6, 6.07) is 7.33. The number of carbonyl (C=O) groups excluding carboxylic acids is 1. The van der Waals surface area contributed by atoms with Crippen molar-refractivity contribution in [3.63, 3.8) is 0 Å². The van der Waals surface area contributed by atoms with E-state index in [-0.39, 0.29) is 32.0 Å². The summed E-state index contributed by atoms with van der Waals surface area (Å²) >= 11 is 5.40. The van der Waals surface area contributed by atoms with Gasteiger partial charge in [0.1, 0.15) is 5.70 Å². The van der Waals surface area contributed by atoms with Crippen LogP contribution in [-0.2, 0) is 9.59 Å². The van der Waals surface area contributed by atoms with E-state index < -0.39 is 5.97 Å². The van der Waals surface area contributed by atoms with Crippen LogP contribution in [0, 0.1) is 0 Å². The number of amides is 1. The molecule has 2 heterocycles. The maximum atomic E-state index is 12.8. The monoisotopic (exact) mass is 417 g/mol. The Hall–Kier alpha value is -2.91. The third-order valence-corrected chi connectivity index (χ3v) is 5.00. The first-order valence-corrected chi connectivity index (χ1v) is 9.81. The number of rotatable bonds is 8. The quantitative estimate of drug-likeness (QED) is 0.490. The molecule has 29 heavy (non-hydrogen) atoms. The lowest BCUT2D eigenvalue weighted by molar-refractivity contribution is -0.136. The van der Waals surface area contributed by atoms with Crippen LogP contribution in [0.4, 0.5) is 5.69 Å². The number of hydrogen-bond donors (Lipinski definition) is 2. The number of aliphatic carboxylic acids is 1. The van der Waals surface area contributed by atoms with Crippen LogP contribution in [0.5, 0.6) is 5.75 Å². The van der Waals surface area contributed by atoms with Gasteiger partial charge in [-0.05, 0) is 36.8 Å². The van der Waals surface area contributed by atoms with E-state index in [1.807, 2.05) is 25.1 Å². The zero-order chi connectivity index (χ0) is 21.0. The molecule has 3 rings (SSSR count). The summed E-state index contributed by atoms with van der Waals surface area (Å²) < 4.78 is 5.87. The van der Waals surface area contributed by atoms with Crippen LogP contribution < -0.4 is 9.64 Å². The minimum Gasteiger partial charge on any atom is -0.481 e. The largest absolute Gasteiger partial charge is 0.481 e. The molecule has 0 bridgehead atoms. The fraction of sp³-hybridized carbons (Fsp3) is 0.350. The highest BCUT2D eigenvalue weighted by molar-refractivity contribution is 7.80. The van der Waals surface area contributed by atoms with Crippen molar-refractivity contribution in [3.05, 3.63) is 48.0 Å². The molecule has 0 saturated carbocycles. The standard InChI is InChI=1S/C20H23N3O5S/c1-2-10-23-19(27)15(22(12-13-24)20(23)29)7-8-17-21(11-9-18(25)26)14-5-3-4-6-16(14)28-17/h3-8,24H,2,9-13H2,1H3,(H,25,26)/b15-7+,17-8+. The van der Waals surface area contributed by atoms with Gasteiger partial charge in [0.2, 0.25) is 5.88 Å². The highest BCUT2D eigenvalue weighted by atomic mass is 32.1. The molecule has 1 amide bonds. The Morgan fingerprint density at radius 3 is 2.59 bits per heavy atom. The van der Waals surface area contributed by atoms with E-state index >= 15 is 0 Å². The molecular weight excluding hydrogens is 394 g/mol. The zero-order valence-electron chi connectivity index (χ0n) is 16.1. The summed E-state index contributed by atoms with van der Waals surface area (Å²) in [7, 11) is 0. The molecule has 0 unspecified atom stereocenters. The van der Waals surface area contributed by atoms with E-state index in [0.29, 0.717) is 29.0 Å². The van der Waals surface area contributed by atoms with Crippen LogP contribution >= 0.6 is 12.2 Å². The molecular formula is C20H23N3O5S. The van der Waals surface area contributed by atoms with Crippen molar-refractivity contribution < 1.29 is 24.5 Å². The van der Waals surface area contributed by atoms with E-state index in [2.05, 4.69) is 0 Å². The number of hydrogen-bond acceptors (Lipinski definition) is 6. The normalized spacial score (nSPS) is 18.8. The van der Waals surface area contributed by atoms with Gasteiger partial charge in [0.15, 0.2) is 10.9 Å². The van der Waals surface area contributed by atoms with Gasteiger partial charge in [0.25, 0.3) is 5.91 Å². The number of ether oxygens (including phenoxy) is 1. The number of aliphatic hydroxyl groups excluding tert-OH is 1. The van der Waals surface area contributed by atoms with Crippen LogP contribution in [0.15, 0.2) is 48.0 Å². The fourth-order valence-electron chi connectivity index (χ4n) is 3.25. The molecule has 154 valence electrons. The number of carbonyl (C=O) groups is 2. The minimum absolute atomic E-state index is 0.0600. The van der Waals surface area contributed by atoms with E-state index in [0.717, 1.165) is 12.1 Å². The maximum absolute atomic E-state index is 12.8. The van der Waals surface area contributed by atoms with Crippen LogP contribution in [0.3, 0.4) is 0 Å². The molecule has 0 aliphatic carbocycles. The minimum atomic E-state index is -0.910. The Morgan fingerprint density at radius 1 is 1.14 bits per heavy atom. The molecule has 0 spiro atoms. The highest BCUT2D eigenvalue weighted by Gasteiger charge is 2.37.